The predicted octanol–water partition coefficient (Wildman–Crippen LogP) is 5.54. The number of nitrogens with zero attached hydrogens (tertiary/aromatic N) is 4. The highest BCUT2D eigenvalue weighted by Gasteiger charge is 2.18. The Labute approximate surface area is 203 Å². The first-order chi connectivity index (χ1) is 17.1. The van der Waals surface area contributed by atoms with Gasteiger partial charge in [0.25, 0.3) is 0 Å². The van der Waals surface area contributed by atoms with Crippen molar-refractivity contribution < 1.29 is 13.5 Å². The van der Waals surface area contributed by atoms with Gasteiger partial charge in [0.15, 0.2) is 5.82 Å². The smallest absolute Gasteiger partial charge is 0.163 e. The summed E-state index contributed by atoms with van der Waals surface area (Å²) in [7, 11) is 1.77. The third-order valence-electron chi connectivity index (χ3n) is 6.28. The molecule has 0 saturated carbocycles. The van der Waals surface area contributed by atoms with E-state index in [1.54, 1.807) is 31.6 Å². The Morgan fingerprint density at radius 3 is 2.63 bits per heavy atom. The Hall–Kier alpha value is -3.65. The molecule has 8 heteroatoms. The molecule has 2 aromatic carbocycles. The van der Waals surface area contributed by atoms with Crippen molar-refractivity contribution in [1.82, 2.24) is 19.9 Å². The predicted molar refractivity (Wildman–Crippen MR) is 133 cm³/mol. The number of benzene rings is 2. The Balaban J connectivity index is 1.61. The van der Waals surface area contributed by atoms with Gasteiger partial charge in [-0.05, 0) is 74.0 Å². The van der Waals surface area contributed by atoms with E-state index in [4.69, 9.17) is 9.72 Å². The summed E-state index contributed by atoms with van der Waals surface area (Å²) in [6.45, 7) is 3.39. The first-order valence-electron chi connectivity index (χ1n) is 11.9. The zero-order chi connectivity index (χ0) is 24.2. The number of fused-ring (bicyclic) bond motifs is 1. The minimum atomic E-state index is -0.510. The molecular weight excluding hydrogens is 448 g/mol. The van der Waals surface area contributed by atoms with Crippen LogP contribution in [0.5, 0.6) is 5.75 Å². The van der Waals surface area contributed by atoms with Gasteiger partial charge in [0.2, 0.25) is 0 Å². The van der Waals surface area contributed by atoms with E-state index in [0.29, 0.717) is 40.5 Å². The van der Waals surface area contributed by atoms with Gasteiger partial charge in [0.1, 0.15) is 35.3 Å². The third kappa shape index (κ3) is 5.07. The Bertz CT molecular complexity index is 1330. The van der Waals surface area contributed by atoms with Crippen molar-refractivity contribution in [3.05, 3.63) is 66.5 Å². The van der Waals surface area contributed by atoms with Crippen LogP contribution in [0.25, 0.3) is 33.4 Å². The van der Waals surface area contributed by atoms with Crippen LogP contribution >= 0.6 is 0 Å². The van der Waals surface area contributed by atoms with E-state index in [1.807, 2.05) is 12.1 Å². The number of rotatable bonds is 7. The van der Waals surface area contributed by atoms with E-state index < -0.39 is 11.6 Å². The topological polar surface area (TPSA) is 63.2 Å². The average Bonchev–Trinajstić information content (AvgIpc) is 2.90. The molecule has 5 rings (SSSR count). The van der Waals surface area contributed by atoms with E-state index in [0.717, 1.165) is 37.3 Å². The maximum atomic E-state index is 14.7. The number of hydrogen-bond acceptors (Lipinski definition) is 6. The zero-order valence-electron chi connectivity index (χ0n) is 19.6. The minimum absolute atomic E-state index is 0.158. The van der Waals surface area contributed by atoms with Crippen LogP contribution in [0, 0.1) is 11.6 Å². The maximum absolute atomic E-state index is 14.7. The lowest BCUT2D eigenvalue weighted by molar-refractivity contribution is 0.184. The molecule has 1 saturated heterocycles. The average molecular weight is 476 g/mol. The molecule has 0 aliphatic carbocycles. The van der Waals surface area contributed by atoms with Crippen LogP contribution in [0.4, 0.5) is 14.6 Å². The van der Waals surface area contributed by atoms with Gasteiger partial charge >= 0.3 is 0 Å². The highest BCUT2D eigenvalue weighted by molar-refractivity contribution is 5.97. The lowest BCUT2D eigenvalue weighted by atomic mass is 10.0. The first kappa shape index (κ1) is 23.1. The van der Waals surface area contributed by atoms with E-state index in [9.17, 15) is 8.78 Å². The van der Waals surface area contributed by atoms with Crippen LogP contribution in [-0.2, 0) is 0 Å². The summed E-state index contributed by atoms with van der Waals surface area (Å²) >= 11 is 0. The lowest BCUT2D eigenvalue weighted by Gasteiger charge is -2.26. The van der Waals surface area contributed by atoms with Crippen LogP contribution in [0.15, 0.2) is 54.9 Å². The maximum Gasteiger partial charge on any atom is 0.163 e. The van der Waals surface area contributed by atoms with Crippen molar-refractivity contribution in [3.63, 3.8) is 0 Å². The number of nitrogens with one attached hydrogen (secondary N) is 1. The number of halogens is 2. The summed E-state index contributed by atoms with van der Waals surface area (Å²) in [5, 5.41) is 3.78. The molecule has 0 atom stereocenters. The highest BCUT2D eigenvalue weighted by Crippen LogP contribution is 2.37. The van der Waals surface area contributed by atoms with Crippen LogP contribution in [0.1, 0.15) is 19.3 Å². The molecule has 1 fully saturated rings. The normalized spacial score (nSPS) is 14.3. The molecule has 6 nitrogen and oxygen atoms in total. The van der Waals surface area contributed by atoms with Crippen LogP contribution < -0.4 is 10.1 Å². The van der Waals surface area contributed by atoms with E-state index in [2.05, 4.69) is 20.2 Å². The van der Waals surface area contributed by atoms with Gasteiger partial charge in [-0.1, -0.05) is 6.42 Å². The molecule has 0 amide bonds. The van der Waals surface area contributed by atoms with Gasteiger partial charge in [-0.2, -0.15) is 0 Å². The van der Waals surface area contributed by atoms with Crippen LogP contribution in [-0.4, -0.2) is 53.1 Å². The second-order valence-corrected chi connectivity index (χ2v) is 8.63. The van der Waals surface area contributed by atoms with Gasteiger partial charge in [-0.25, -0.2) is 18.7 Å². The van der Waals surface area contributed by atoms with E-state index >= 15 is 0 Å². The molecule has 3 heterocycles. The van der Waals surface area contributed by atoms with Crippen molar-refractivity contribution in [1.29, 1.82) is 0 Å². The quantitative estimate of drug-likeness (QED) is 0.379. The SMILES string of the molecule is CNc1nc(-c2cccnc2)nc2c(OCCN3CCCCC3)cc(-c3cc(F)ccc3F)cc12. The Morgan fingerprint density at radius 2 is 1.86 bits per heavy atom. The highest BCUT2D eigenvalue weighted by atomic mass is 19.1. The van der Waals surface area contributed by atoms with Crippen molar-refractivity contribution in [3.8, 4) is 28.3 Å². The number of ether oxygens (including phenoxy) is 1. The van der Waals surface area contributed by atoms with Gasteiger partial charge in [-0.15, -0.1) is 0 Å². The number of aromatic nitrogens is 3. The van der Waals surface area contributed by atoms with Gasteiger partial charge in [-0.3, -0.25) is 9.88 Å². The fourth-order valence-electron chi connectivity index (χ4n) is 4.47. The van der Waals surface area contributed by atoms with Crippen molar-refractivity contribution in [2.24, 2.45) is 0 Å². The monoisotopic (exact) mass is 475 g/mol. The molecule has 1 N–H and O–H groups in total. The number of anilines is 1. The van der Waals surface area contributed by atoms with E-state index in [1.165, 1.54) is 25.3 Å². The molecule has 0 radical (unpaired) electrons. The summed E-state index contributed by atoms with van der Waals surface area (Å²) < 4.78 is 34.9. The molecule has 4 aromatic rings. The molecule has 0 unspecified atom stereocenters. The zero-order valence-corrected chi connectivity index (χ0v) is 19.6. The first-order valence-corrected chi connectivity index (χ1v) is 11.9. The van der Waals surface area contributed by atoms with Gasteiger partial charge < -0.3 is 10.1 Å². The van der Waals surface area contributed by atoms with Crippen molar-refractivity contribution in [2.75, 3.05) is 38.6 Å². The molecule has 0 spiro atoms. The van der Waals surface area contributed by atoms with Crippen molar-refractivity contribution >= 4 is 16.7 Å². The molecule has 0 bridgehead atoms. The Morgan fingerprint density at radius 1 is 1.00 bits per heavy atom. The molecule has 1 aliphatic rings. The summed E-state index contributed by atoms with van der Waals surface area (Å²) in [4.78, 5) is 16.0. The standard InChI is InChI=1S/C27H27F2N5O/c1-30-27-22-14-19(21-16-20(28)7-8-23(21)29)15-24(35-13-12-34-10-3-2-4-11-34)25(22)32-26(33-27)18-6-5-9-31-17-18/h5-9,14-17H,2-4,10-13H2,1H3,(H,30,32,33). The van der Waals surface area contributed by atoms with E-state index in [-0.39, 0.29) is 5.56 Å². The number of piperidine rings is 1. The molecular formula is C27H27F2N5O. The molecule has 180 valence electrons. The number of likely N-dealkylation sites (tertiary alicyclic amines) is 1. The lowest BCUT2D eigenvalue weighted by Crippen LogP contribution is -2.33. The van der Waals surface area contributed by atoms with Crippen LogP contribution in [0.3, 0.4) is 0 Å². The second kappa shape index (κ2) is 10.3. The summed E-state index contributed by atoms with van der Waals surface area (Å²) in [5.41, 5.74) is 2.02. The molecule has 1 aliphatic heterocycles. The third-order valence-corrected chi connectivity index (χ3v) is 6.28. The number of hydrogen-bond donors (Lipinski definition) is 1. The van der Waals surface area contributed by atoms with Crippen molar-refractivity contribution in [2.45, 2.75) is 19.3 Å². The molecule has 35 heavy (non-hydrogen) atoms. The summed E-state index contributed by atoms with van der Waals surface area (Å²) in [5.74, 6) is 0.547. The van der Waals surface area contributed by atoms with Gasteiger partial charge in [0.05, 0.1) is 0 Å². The van der Waals surface area contributed by atoms with Gasteiger partial charge in [0, 0.05) is 42.5 Å². The number of pyridine rings is 1. The minimum Gasteiger partial charge on any atom is -0.490 e. The largest absolute Gasteiger partial charge is 0.490 e. The fraction of sp³-hybridized carbons (Fsp3) is 0.296. The van der Waals surface area contributed by atoms with Crippen LogP contribution in [0.2, 0.25) is 0 Å². The summed E-state index contributed by atoms with van der Waals surface area (Å²) in [6.07, 6.45) is 7.06. The fourth-order valence-corrected chi connectivity index (χ4v) is 4.47. The summed E-state index contributed by atoms with van der Waals surface area (Å²) in [6, 6.07) is 10.6. The second-order valence-electron chi connectivity index (χ2n) is 8.63. The molecule has 2 aromatic heterocycles. The Kier molecular flexibility index (Phi) is 6.81.